The molecule has 1 heterocycles. The Labute approximate surface area is 143 Å². The van der Waals surface area contributed by atoms with Crippen LogP contribution in [0.4, 0.5) is 0 Å². The van der Waals surface area contributed by atoms with Crippen molar-refractivity contribution in [1.29, 1.82) is 0 Å². The third kappa shape index (κ3) is 7.38. The molecule has 1 aromatic rings. The molecule has 0 spiro atoms. The topological polar surface area (TPSA) is 67.4 Å². The number of hydrogen-bond donors (Lipinski definition) is 2. The van der Waals surface area contributed by atoms with Gasteiger partial charge in [-0.25, -0.2) is 0 Å². The van der Waals surface area contributed by atoms with E-state index >= 15 is 0 Å². The first-order chi connectivity index (χ1) is 10.4. The highest BCUT2D eigenvalue weighted by Gasteiger charge is 2.17. The number of hydrogen-bond acceptors (Lipinski definition) is 4. The van der Waals surface area contributed by atoms with E-state index in [0.717, 1.165) is 16.8 Å². The van der Waals surface area contributed by atoms with Crippen LogP contribution in [0, 0.1) is 5.92 Å². The van der Waals surface area contributed by atoms with Gasteiger partial charge in [0, 0.05) is 19.8 Å². The largest absolute Gasteiger partial charge is 0.381 e. The number of thiophene rings is 1. The van der Waals surface area contributed by atoms with Crippen LogP contribution in [0.2, 0.25) is 0 Å². The van der Waals surface area contributed by atoms with Crippen LogP contribution in [0.3, 0.4) is 0 Å². The summed E-state index contributed by atoms with van der Waals surface area (Å²) in [5.41, 5.74) is 0. The quantitative estimate of drug-likeness (QED) is 0.637. The van der Waals surface area contributed by atoms with Crippen molar-refractivity contribution in [2.24, 2.45) is 5.92 Å². The Hall–Kier alpha value is -0.920. The van der Waals surface area contributed by atoms with Gasteiger partial charge in [0.05, 0.1) is 8.66 Å². The second kappa shape index (κ2) is 9.97. The lowest BCUT2D eigenvalue weighted by Gasteiger charge is -2.13. The second-order valence-electron chi connectivity index (χ2n) is 5.41. The van der Waals surface area contributed by atoms with E-state index in [4.69, 9.17) is 4.74 Å². The van der Waals surface area contributed by atoms with E-state index in [0.29, 0.717) is 23.9 Å². The summed E-state index contributed by atoms with van der Waals surface area (Å²) in [6.45, 7) is 7.77. The van der Waals surface area contributed by atoms with Crippen molar-refractivity contribution in [1.82, 2.24) is 10.6 Å². The summed E-state index contributed by atoms with van der Waals surface area (Å²) in [6.07, 6.45) is 0.761. The van der Waals surface area contributed by atoms with Crippen molar-refractivity contribution in [3.8, 4) is 0 Å². The molecule has 1 aromatic heterocycles. The van der Waals surface area contributed by atoms with E-state index in [1.807, 2.05) is 6.07 Å². The molecule has 2 amide bonds. The number of ether oxygens (including phenoxy) is 1. The molecule has 1 atom stereocenters. The molecule has 0 fully saturated rings. The molecule has 7 heteroatoms. The van der Waals surface area contributed by atoms with Crippen LogP contribution in [0.5, 0.6) is 0 Å². The fraction of sp³-hybridized carbons (Fsp3) is 0.600. The number of carbonyl (C=O) groups is 2. The third-order valence-electron chi connectivity index (χ3n) is 2.75. The molecule has 2 N–H and O–H groups in total. The third-order valence-corrected chi connectivity index (χ3v) is 4.38. The normalized spacial score (nSPS) is 12.2. The summed E-state index contributed by atoms with van der Waals surface area (Å²) in [5, 5.41) is 5.48. The SMILES string of the molecule is CC(C)COCCCNC(=O)C(C)NC(=O)c1ccc(Br)s1. The Morgan fingerprint density at radius 1 is 1.32 bits per heavy atom. The van der Waals surface area contributed by atoms with Crippen LogP contribution in [0.15, 0.2) is 15.9 Å². The molecule has 0 aliphatic carbocycles. The number of halogens is 1. The highest BCUT2D eigenvalue weighted by Crippen LogP contribution is 2.21. The molecule has 0 saturated carbocycles. The maximum atomic E-state index is 11.9. The molecular weight excluding hydrogens is 368 g/mol. The summed E-state index contributed by atoms with van der Waals surface area (Å²) >= 11 is 4.64. The summed E-state index contributed by atoms with van der Waals surface area (Å²) in [7, 11) is 0. The molecule has 0 aliphatic rings. The number of carbonyl (C=O) groups excluding carboxylic acids is 2. The van der Waals surface area contributed by atoms with Crippen molar-refractivity contribution in [3.63, 3.8) is 0 Å². The molecule has 0 aliphatic heterocycles. The first-order valence-electron chi connectivity index (χ1n) is 7.31. The predicted octanol–water partition coefficient (Wildman–Crippen LogP) is 2.81. The Kier molecular flexibility index (Phi) is 8.67. The highest BCUT2D eigenvalue weighted by molar-refractivity contribution is 9.11. The van der Waals surface area contributed by atoms with Gasteiger partial charge >= 0.3 is 0 Å². The monoisotopic (exact) mass is 390 g/mol. The van der Waals surface area contributed by atoms with Gasteiger partial charge in [-0.3, -0.25) is 9.59 Å². The van der Waals surface area contributed by atoms with Crippen LogP contribution in [0.25, 0.3) is 0 Å². The van der Waals surface area contributed by atoms with Gasteiger partial charge in [-0.2, -0.15) is 0 Å². The molecule has 124 valence electrons. The Morgan fingerprint density at radius 3 is 2.64 bits per heavy atom. The van der Waals surface area contributed by atoms with Crippen LogP contribution in [-0.4, -0.2) is 37.6 Å². The molecule has 22 heavy (non-hydrogen) atoms. The summed E-state index contributed by atoms with van der Waals surface area (Å²) in [6, 6.07) is 2.97. The zero-order valence-electron chi connectivity index (χ0n) is 13.1. The molecule has 0 saturated heterocycles. The zero-order chi connectivity index (χ0) is 16.5. The van der Waals surface area contributed by atoms with Gasteiger partial charge in [0.15, 0.2) is 0 Å². The summed E-state index contributed by atoms with van der Waals surface area (Å²) in [4.78, 5) is 24.4. The maximum Gasteiger partial charge on any atom is 0.262 e. The lowest BCUT2D eigenvalue weighted by molar-refractivity contribution is -0.122. The molecule has 1 rings (SSSR count). The zero-order valence-corrected chi connectivity index (χ0v) is 15.6. The van der Waals surface area contributed by atoms with Gasteiger partial charge < -0.3 is 15.4 Å². The summed E-state index contributed by atoms with van der Waals surface area (Å²) in [5.74, 6) is 0.0913. The standard InChI is InChI=1S/C15H23BrN2O3S/c1-10(2)9-21-8-4-7-17-14(19)11(3)18-15(20)12-5-6-13(16)22-12/h5-6,10-11H,4,7-9H2,1-3H3,(H,17,19)(H,18,20). The predicted molar refractivity (Wildman–Crippen MR) is 92.2 cm³/mol. The van der Waals surface area contributed by atoms with E-state index in [9.17, 15) is 9.59 Å². The van der Waals surface area contributed by atoms with Gasteiger partial charge in [-0.1, -0.05) is 13.8 Å². The second-order valence-corrected chi connectivity index (χ2v) is 7.88. The average molecular weight is 391 g/mol. The molecule has 0 radical (unpaired) electrons. The fourth-order valence-corrected chi connectivity index (χ4v) is 2.92. The van der Waals surface area contributed by atoms with Crippen LogP contribution >= 0.6 is 27.3 Å². The van der Waals surface area contributed by atoms with Gasteiger partial charge in [0.25, 0.3) is 5.91 Å². The summed E-state index contributed by atoms with van der Waals surface area (Å²) < 4.78 is 6.32. The maximum absolute atomic E-state index is 11.9. The lowest BCUT2D eigenvalue weighted by Crippen LogP contribution is -2.45. The van der Waals surface area contributed by atoms with Crippen LogP contribution < -0.4 is 10.6 Å². The van der Waals surface area contributed by atoms with E-state index in [2.05, 4.69) is 40.4 Å². The molecular formula is C15H23BrN2O3S. The van der Waals surface area contributed by atoms with Crippen molar-refractivity contribution in [2.75, 3.05) is 19.8 Å². The average Bonchev–Trinajstić information content (AvgIpc) is 2.88. The van der Waals surface area contributed by atoms with Gasteiger partial charge in [0.2, 0.25) is 5.91 Å². The minimum atomic E-state index is -0.565. The first kappa shape index (κ1) is 19.1. The smallest absolute Gasteiger partial charge is 0.262 e. The number of amides is 2. The van der Waals surface area contributed by atoms with Gasteiger partial charge in [0.1, 0.15) is 6.04 Å². The van der Waals surface area contributed by atoms with Gasteiger partial charge in [-0.15, -0.1) is 11.3 Å². The van der Waals surface area contributed by atoms with Crippen LogP contribution in [0.1, 0.15) is 36.9 Å². The van der Waals surface area contributed by atoms with Gasteiger partial charge in [-0.05, 0) is 47.3 Å². The Bertz CT molecular complexity index is 491. The van der Waals surface area contributed by atoms with Crippen molar-refractivity contribution in [2.45, 2.75) is 33.2 Å². The molecule has 5 nitrogen and oxygen atoms in total. The molecule has 0 aromatic carbocycles. The van der Waals surface area contributed by atoms with Crippen molar-refractivity contribution >= 4 is 39.1 Å². The lowest BCUT2D eigenvalue weighted by atomic mass is 10.2. The molecule has 0 bridgehead atoms. The highest BCUT2D eigenvalue weighted by atomic mass is 79.9. The minimum Gasteiger partial charge on any atom is -0.381 e. The van der Waals surface area contributed by atoms with E-state index in [1.165, 1.54) is 11.3 Å². The van der Waals surface area contributed by atoms with E-state index in [-0.39, 0.29) is 11.8 Å². The first-order valence-corrected chi connectivity index (χ1v) is 8.92. The Balaban J connectivity index is 2.20. The van der Waals surface area contributed by atoms with Crippen molar-refractivity contribution in [3.05, 3.63) is 20.8 Å². The number of nitrogens with one attached hydrogen (secondary N) is 2. The van der Waals surface area contributed by atoms with Crippen LogP contribution in [-0.2, 0) is 9.53 Å². The molecule has 1 unspecified atom stereocenters. The fourth-order valence-electron chi connectivity index (χ4n) is 1.63. The number of rotatable bonds is 9. The minimum absolute atomic E-state index is 0.187. The van der Waals surface area contributed by atoms with E-state index < -0.39 is 6.04 Å². The Morgan fingerprint density at radius 2 is 2.05 bits per heavy atom. The van der Waals surface area contributed by atoms with Crippen molar-refractivity contribution < 1.29 is 14.3 Å². The van der Waals surface area contributed by atoms with E-state index in [1.54, 1.807) is 13.0 Å².